The largest absolute Gasteiger partial charge is 0.384 e. The molecule has 3 heterocycles. The summed E-state index contributed by atoms with van der Waals surface area (Å²) in [4.78, 5) is 11.5. The zero-order chi connectivity index (χ0) is 18.5. The highest BCUT2D eigenvalue weighted by molar-refractivity contribution is 5.94. The van der Waals surface area contributed by atoms with E-state index in [1.807, 2.05) is 30.3 Å². The number of ether oxygens (including phenoxy) is 1. The zero-order valence-corrected chi connectivity index (χ0v) is 15.4. The molecule has 0 unspecified atom stereocenters. The van der Waals surface area contributed by atoms with Crippen LogP contribution < -0.4 is 11.1 Å². The van der Waals surface area contributed by atoms with Gasteiger partial charge >= 0.3 is 0 Å². The van der Waals surface area contributed by atoms with Crippen LogP contribution in [0.4, 0.5) is 11.6 Å². The molecule has 1 aliphatic heterocycles. The number of morpholine rings is 1. The first kappa shape index (κ1) is 17.7. The average Bonchev–Trinajstić information content (AvgIpc) is 2.72. The minimum atomic E-state index is 0.485. The number of nitrogens with one attached hydrogen (secondary N) is 1. The molecule has 1 saturated heterocycles. The van der Waals surface area contributed by atoms with Crippen molar-refractivity contribution in [2.75, 3.05) is 50.4 Å². The fourth-order valence-corrected chi connectivity index (χ4v) is 3.41. The summed E-state index contributed by atoms with van der Waals surface area (Å²) in [7, 11) is 0. The summed E-state index contributed by atoms with van der Waals surface area (Å²) in [5.74, 6) is 1.32. The molecule has 0 atom stereocenters. The SMILES string of the molecule is Nc1ccc2c(-c3ccccc3)cc(NCCCN3CCOCC3)nc2n1. The smallest absolute Gasteiger partial charge is 0.164 e. The molecule has 6 heteroatoms. The van der Waals surface area contributed by atoms with Crippen molar-refractivity contribution in [3.63, 3.8) is 0 Å². The monoisotopic (exact) mass is 363 g/mol. The molecule has 0 saturated carbocycles. The van der Waals surface area contributed by atoms with Gasteiger partial charge in [-0.2, -0.15) is 0 Å². The lowest BCUT2D eigenvalue weighted by Gasteiger charge is -2.26. The van der Waals surface area contributed by atoms with Crippen LogP contribution in [0, 0.1) is 0 Å². The summed E-state index contributed by atoms with van der Waals surface area (Å²) in [6, 6.07) is 16.2. The Labute approximate surface area is 159 Å². The second kappa shape index (κ2) is 8.33. The number of nitrogens with two attached hydrogens (primary N) is 1. The number of aromatic nitrogens is 2. The third kappa shape index (κ3) is 4.35. The molecule has 27 heavy (non-hydrogen) atoms. The molecule has 0 radical (unpaired) electrons. The maximum atomic E-state index is 5.88. The van der Waals surface area contributed by atoms with E-state index in [0.29, 0.717) is 11.5 Å². The Morgan fingerprint density at radius 3 is 2.67 bits per heavy atom. The maximum Gasteiger partial charge on any atom is 0.164 e. The Bertz CT molecular complexity index is 894. The highest BCUT2D eigenvalue weighted by Gasteiger charge is 2.11. The normalized spacial score (nSPS) is 15.1. The van der Waals surface area contributed by atoms with Crippen LogP contribution >= 0.6 is 0 Å². The van der Waals surface area contributed by atoms with E-state index >= 15 is 0 Å². The number of benzene rings is 1. The molecule has 1 aromatic carbocycles. The van der Waals surface area contributed by atoms with E-state index < -0.39 is 0 Å². The third-order valence-electron chi connectivity index (χ3n) is 4.84. The summed E-state index contributed by atoms with van der Waals surface area (Å²) in [5.41, 5.74) is 8.81. The Morgan fingerprint density at radius 1 is 1.04 bits per heavy atom. The van der Waals surface area contributed by atoms with E-state index in [1.165, 1.54) is 0 Å². The lowest BCUT2D eigenvalue weighted by atomic mass is 10.0. The number of fused-ring (bicyclic) bond motifs is 1. The Kier molecular flexibility index (Phi) is 5.46. The number of nitrogens with zero attached hydrogens (tertiary/aromatic N) is 3. The molecule has 140 valence electrons. The molecule has 1 aliphatic rings. The van der Waals surface area contributed by atoms with Crippen molar-refractivity contribution >= 4 is 22.7 Å². The third-order valence-corrected chi connectivity index (χ3v) is 4.84. The molecule has 6 nitrogen and oxygen atoms in total. The predicted molar refractivity (Wildman–Crippen MR) is 110 cm³/mol. The van der Waals surface area contributed by atoms with Crippen molar-refractivity contribution in [3.8, 4) is 11.1 Å². The molecule has 3 N–H and O–H groups in total. The van der Waals surface area contributed by atoms with E-state index in [2.05, 4.69) is 38.4 Å². The van der Waals surface area contributed by atoms with E-state index in [0.717, 1.165) is 68.1 Å². The van der Waals surface area contributed by atoms with Crippen molar-refractivity contribution in [2.45, 2.75) is 6.42 Å². The predicted octanol–water partition coefficient (Wildman–Crippen LogP) is 3.01. The lowest BCUT2D eigenvalue weighted by Crippen LogP contribution is -2.37. The Morgan fingerprint density at radius 2 is 1.85 bits per heavy atom. The molecule has 3 aromatic rings. The van der Waals surface area contributed by atoms with Gasteiger partial charge < -0.3 is 15.8 Å². The number of nitrogen functional groups attached to an aromatic ring is 1. The molecule has 4 rings (SSSR count). The van der Waals surface area contributed by atoms with Crippen molar-refractivity contribution in [3.05, 3.63) is 48.5 Å². The number of hydrogen-bond acceptors (Lipinski definition) is 6. The van der Waals surface area contributed by atoms with Crippen molar-refractivity contribution in [2.24, 2.45) is 0 Å². The van der Waals surface area contributed by atoms with Gasteiger partial charge in [-0.15, -0.1) is 0 Å². The molecule has 0 aliphatic carbocycles. The minimum absolute atomic E-state index is 0.485. The summed E-state index contributed by atoms with van der Waals surface area (Å²) in [6.45, 7) is 5.67. The van der Waals surface area contributed by atoms with Gasteiger partial charge in [-0.3, -0.25) is 4.90 Å². The van der Waals surface area contributed by atoms with Crippen LogP contribution in [0.5, 0.6) is 0 Å². The number of rotatable bonds is 6. The van der Waals surface area contributed by atoms with Crippen molar-refractivity contribution in [1.82, 2.24) is 14.9 Å². The van der Waals surface area contributed by atoms with Gasteiger partial charge in [0.25, 0.3) is 0 Å². The molecular weight excluding hydrogens is 338 g/mol. The molecule has 0 bridgehead atoms. The number of pyridine rings is 2. The number of anilines is 2. The van der Waals surface area contributed by atoms with Crippen molar-refractivity contribution in [1.29, 1.82) is 0 Å². The highest BCUT2D eigenvalue weighted by atomic mass is 16.5. The summed E-state index contributed by atoms with van der Waals surface area (Å²) in [5, 5.41) is 4.46. The van der Waals surface area contributed by atoms with Gasteiger partial charge in [0.15, 0.2) is 5.65 Å². The lowest BCUT2D eigenvalue weighted by molar-refractivity contribution is 0.0378. The minimum Gasteiger partial charge on any atom is -0.384 e. The van der Waals surface area contributed by atoms with Crippen molar-refractivity contribution < 1.29 is 4.74 Å². The second-order valence-corrected chi connectivity index (χ2v) is 6.76. The number of hydrogen-bond donors (Lipinski definition) is 2. The molecule has 0 spiro atoms. The molecule has 1 fully saturated rings. The van der Waals surface area contributed by atoms with E-state index in [1.54, 1.807) is 0 Å². The van der Waals surface area contributed by atoms with Crippen LogP contribution in [-0.4, -0.2) is 54.3 Å². The Hall–Kier alpha value is -2.70. The van der Waals surface area contributed by atoms with Gasteiger partial charge in [-0.25, -0.2) is 9.97 Å². The van der Waals surface area contributed by atoms with Crippen LogP contribution in [0.2, 0.25) is 0 Å². The van der Waals surface area contributed by atoms with E-state index in [-0.39, 0.29) is 0 Å². The first-order valence-corrected chi connectivity index (χ1v) is 9.46. The first-order valence-electron chi connectivity index (χ1n) is 9.46. The summed E-state index contributed by atoms with van der Waals surface area (Å²) < 4.78 is 5.40. The van der Waals surface area contributed by atoms with Gasteiger partial charge in [-0.05, 0) is 42.3 Å². The molecular formula is C21H25N5O. The first-order chi connectivity index (χ1) is 13.3. The van der Waals surface area contributed by atoms with E-state index in [4.69, 9.17) is 10.5 Å². The van der Waals surface area contributed by atoms with E-state index in [9.17, 15) is 0 Å². The standard InChI is InChI=1S/C21H25N5O/c22-19-8-7-17-18(16-5-2-1-3-6-16)15-20(25-21(17)24-19)23-9-4-10-26-11-13-27-14-12-26/h1-3,5-8,15H,4,9-14H2,(H3,22,23,24,25). The maximum absolute atomic E-state index is 5.88. The van der Waals surface area contributed by atoms with Crippen LogP contribution in [-0.2, 0) is 4.74 Å². The van der Waals surface area contributed by atoms with Crippen LogP contribution in [0.3, 0.4) is 0 Å². The second-order valence-electron chi connectivity index (χ2n) is 6.76. The fraction of sp³-hybridized carbons (Fsp3) is 0.333. The van der Waals surface area contributed by atoms with Crippen LogP contribution in [0.25, 0.3) is 22.2 Å². The molecule has 2 aromatic heterocycles. The van der Waals surface area contributed by atoms with Gasteiger partial charge in [0.05, 0.1) is 13.2 Å². The van der Waals surface area contributed by atoms with Gasteiger partial charge in [0.2, 0.25) is 0 Å². The van der Waals surface area contributed by atoms with Crippen LogP contribution in [0.15, 0.2) is 48.5 Å². The fourth-order valence-electron chi connectivity index (χ4n) is 3.41. The summed E-state index contributed by atoms with van der Waals surface area (Å²) >= 11 is 0. The van der Waals surface area contributed by atoms with Gasteiger partial charge in [-0.1, -0.05) is 30.3 Å². The topological polar surface area (TPSA) is 76.3 Å². The van der Waals surface area contributed by atoms with Gasteiger partial charge in [0, 0.05) is 25.0 Å². The quantitative estimate of drug-likeness (QED) is 0.656. The molecule has 0 amide bonds. The van der Waals surface area contributed by atoms with Crippen LogP contribution in [0.1, 0.15) is 6.42 Å². The zero-order valence-electron chi connectivity index (χ0n) is 15.4. The highest BCUT2D eigenvalue weighted by Crippen LogP contribution is 2.29. The van der Waals surface area contributed by atoms with Gasteiger partial charge in [0.1, 0.15) is 11.6 Å². The average molecular weight is 363 g/mol. The Balaban J connectivity index is 1.52. The summed E-state index contributed by atoms with van der Waals surface area (Å²) in [6.07, 6.45) is 1.06.